The largest absolute Gasteiger partial charge is 0.381 e. The lowest BCUT2D eigenvalue weighted by Gasteiger charge is -2.32. The molecule has 2 atom stereocenters. The van der Waals surface area contributed by atoms with Crippen molar-refractivity contribution in [3.63, 3.8) is 0 Å². The van der Waals surface area contributed by atoms with Crippen LogP contribution in [0.15, 0.2) is 30.3 Å². The highest BCUT2D eigenvalue weighted by Gasteiger charge is 2.42. The molecule has 2 unspecified atom stereocenters. The monoisotopic (exact) mass is 490 g/mol. The lowest BCUT2D eigenvalue weighted by atomic mass is 9.87. The zero-order chi connectivity index (χ0) is 19.0. The normalized spacial score (nSPS) is 23.7. The Hall–Kier alpha value is -0.600. The third kappa shape index (κ3) is 6.75. The van der Waals surface area contributed by atoms with Gasteiger partial charge in [0.2, 0.25) is 0 Å². The van der Waals surface area contributed by atoms with Crippen molar-refractivity contribution in [1.82, 2.24) is 15.1 Å². The van der Waals surface area contributed by atoms with Gasteiger partial charge < -0.3 is 15.0 Å². The molecule has 5 nitrogen and oxygen atoms in total. The number of hydrogen-bond acceptors (Lipinski definition) is 3. The lowest BCUT2D eigenvalue weighted by molar-refractivity contribution is 0.156. The molecule has 0 aromatic rings. The number of likely N-dealkylation sites (tertiary alicyclic amines) is 1. The summed E-state index contributed by atoms with van der Waals surface area (Å²) in [5.41, 5.74) is 0.353. The van der Waals surface area contributed by atoms with E-state index < -0.39 is 0 Å². The van der Waals surface area contributed by atoms with Crippen molar-refractivity contribution in [2.24, 2.45) is 16.3 Å². The van der Waals surface area contributed by atoms with E-state index in [1.807, 2.05) is 12.2 Å². The third-order valence-corrected chi connectivity index (χ3v) is 5.65. The van der Waals surface area contributed by atoms with Crippen molar-refractivity contribution in [2.75, 3.05) is 52.5 Å². The van der Waals surface area contributed by atoms with Gasteiger partial charge in [0.05, 0.1) is 13.2 Å². The van der Waals surface area contributed by atoms with Gasteiger partial charge in [-0.15, -0.1) is 37.1 Å². The van der Waals surface area contributed by atoms with Crippen LogP contribution in [-0.2, 0) is 4.74 Å². The topological polar surface area (TPSA) is 40.1 Å². The molecule has 156 valence electrons. The van der Waals surface area contributed by atoms with Gasteiger partial charge in [-0.25, -0.2) is 0 Å². The summed E-state index contributed by atoms with van der Waals surface area (Å²) < 4.78 is 5.67. The molecule has 2 saturated heterocycles. The van der Waals surface area contributed by atoms with Crippen LogP contribution in [0.1, 0.15) is 33.6 Å². The maximum absolute atomic E-state index is 5.67. The Balaban J connectivity index is 0.00000364. The number of halogens is 1. The molecule has 1 N–H and O–H groups in total. The second kappa shape index (κ2) is 12.1. The van der Waals surface area contributed by atoms with E-state index in [1.54, 1.807) is 0 Å². The van der Waals surface area contributed by atoms with Gasteiger partial charge in [-0.2, -0.15) is 0 Å². The average Bonchev–Trinajstić information content (AvgIpc) is 3.24. The molecule has 0 amide bonds. The van der Waals surface area contributed by atoms with Gasteiger partial charge in [0.15, 0.2) is 5.96 Å². The predicted octanol–water partition coefficient (Wildman–Crippen LogP) is 3.38. The molecule has 0 aromatic carbocycles. The number of guanidine groups is 1. The van der Waals surface area contributed by atoms with Crippen LogP contribution in [0.4, 0.5) is 0 Å². The van der Waals surface area contributed by atoms with Crippen LogP contribution in [-0.4, -0.2) is 74.3 Å². The Kier molecular flexibility index (Phi) is 10.9. The lowest BCUT2D eigenvalue weighted by Crippen LogP contribution is -2.45. The van der Waals surface area contributed by atoms with Crippen molar-refractivity contribution in [3.05, 3.63) is 25.3 Å². The van der Waals surface area contributed by atoms with Crippen LogP contribution in [0.25, 0.3) is 0 Å². The number of rotatable bonds is 9. The van der Waals surface area contributed by atoms with Crippen LogP contribution in [0.3, 0.4) is 0 Å². The highest BCUT2D eigenvalue weighted by molar-refractivity contribution is 14.0. The average molecular weight is 490 g/mol. The fourth-order valence-electron chi connectivity index (χ4n) is 4.12. The molecule has 0 radical (unpaired) electrons. The first-order valence-electron chi connectivity index (χ1n) is 10.1. The molecule has 0 aliphatic carbocycles. The molecule has 6 heteroatoms. The van der Waals surface area contributed by atoms with Gasteiger partial charge in [0.25, 0.3) is 0 Å². The van der Waals surface area contributed by atoms with Crippen molar-refractivity contribution >= 4 is 29.9 Å². The van der Waals surface area contributed by atoms with Gasteiger partial charge in [-0.3, -0.25) is 9.89 Å². The van der Waals surface area contributed by atoms with Gasteiger partial charge in [-0.1, -0.05) is 26.0 Å². The predicted molar refractivity (Wildman–Crippen MR) is 126 cm³/mol. The molecule has 27 heavy (non-hydrogen) atoms. The van der Waals surface area contributed by atoms with E-state index >= 15 is 0 Å². The zero-order valence-electron chi connectivity index (χ0n) is 17.5. The minimum atomic E-state index is 0. The molecule has 0 bridgehead atoms. The van der Waals surface area contributed by atoms with Crippen molar-refractivity contribution < 1.29 is 4.74 Å². The van der Waals surface area contributed by atoms with Crippen molar-refractivity contribution in [2.45, 2.75) is 39.7 Å². The molecule has 2 heterocycles. The standard InChI is InChI=1S/C21H38N4O.HI/c1-6-11-24(12-7-2)19(18(4)5)15-23-20(22-8-3)25-13-9-21(16-25)10-14-26-17-21;/h6-7,18-19H,1-2,8-17H2,3-5H3,(H,22,23);1H. The van der Waals surface area contributed by atoms with E-state index in [4.69, 9.17) is 9.73 Å². The molecule has 0 aromatic heterocycles. The van der Waals surface area contributed by atoms with Crippen molar-refractivity contribution in [1.29, 1.82) is 0 Å². The summed E-state index contributed by atoms with van der Waals surface area (Å²) in [4.78, 5) is 9.88. The van der Waals surface area contributed by atoms with Crippen LogP contribution in [0.2, 0.25) is 0 Å². The minimum absolute atomic E-state index is 0. The first-order chi connectivity index (χ1) is 12.5. The molecular weight excluding hydrogens is 451 g/mol. The fourth-order valence-corrected chi connectivity index (χ4v) is 4.12. The first-order valence-corrected chi connectivity index (χ1v) is 10.1. The van der Waals surface area contributed by atoms with E-state index in [0.29, 0.717) is 17.4 Å². The van der Waals surface area contributed by atoms with Crippen LogP contribution < -0.4 is 5.32 Å². The molecule has 2 aliphatic rings. The number of nitrogens with one attached hydrogen (secondary N) is 1. The fraction of sp³-hybridized carbons (Fsp3) is 0.762. The molecule has 1 spiro atoms. The summed E-state index contributed by atoms with van der Waals surface area (Å²) in [6, 6.07) is 0.381. The van der Waals surface area contributed by atoms with Gasteiger partial charge >= 0.3 is 0 Å². The van der Waals surface area contributed by atoms with E-state index in [-0.39, 0.29) is 24.0 Å². The highest BCUT2D eigenvalue weighted by Crippen LogP contribution is 2.38. The van der Waals surface area contributed by atoms with Crippen LogP contribution >= 0.6 is 24.0 Å². The minimum Gasteiger partial charge on any atom is -0.381 e. The van der Waals surface area contributed by atoms with Gasteiger partial charge in [-0.05, 0) is 25.7 Å². The second-order valence-electron chi connectivity index (χ2n) is 8.01. The van der Waals surface area contributed by atoms with E-state index in [0.717, 1.165) is 58.4 Å². The zero-order valence-corrected chi connectivity index (χ0v) is 19.8. The number of aliphatic imine (C=N–C) groups is 1. The maximum atomic E-state index is 5.67. The Morgan fingerprint density at radius 2 is 2.00 bits per heavy atom. The third-order valence-electron chi connectivity index (χ3n) is 5.65. The summed E-state index contributed by atoms with van der Waals surface area (Å²) in [5, 5.41) is 3.50. The SMILES string of the molecule is C=CCN(CC=C)C(CN=C(NCC)N1CCC2(CCOC2)C1)C(C)C.I. The van der Waals surface area contributed by atoms with Crippen molar-refractivity contribution in [3.8, 4) is 0 Å². The molecule has 2 rings (SSSR count). The summed E-state index contributed by atoms with van der Waals surface area (Å²) in [6.45, 7) is 21.9. The Labute approximate surface area is 183 Å². The Morgan fingerprint density at radius 1 is 1.30 bits per heavy atom. The smallest absolute Gasteiger partial charge is 0.193 e. The summed E-state index contributed by atoms with van der Waals surface area (Å²) in [7, 11) is 0. The van der Waals surface area contributed by atoms with Gasteiger partial charge in [0, 0.05) is 50.8 Å². The van der Waals surface area contributed by atoms with E-state index in [2.05, 4.69) is 49.0 Å². The molecular formula is C21H39IN4O. The molecule has 2 fully saturated rings. The molecule has 2 aliphatic heterocycles. The van der Waals surface area contributed by atoms with E-state index in [9.17, 15) is 0 Å². The first kappa shape index (κ1) is 24.4. The van der Waals surface area contributed by atoms with Gasteiger partial charge in [0.1, 0.15) is 0 Å². The van der Waals surface area contributed by atoms with Crippen LogP contribution in [0, 0.1) is 11.3 Å². The van der Waals surface area contributed by atoms with Crippen LogP contribution in [0.5, 0.6) is 0 Å². The highest BCUT2D eigenvalue weighted by atomic mass is 127. The number of nitrogens with zero attached hydrogens (tertiary/aromatic N) is 3. The molecule has 0 saturated carbocycles. The second-order valence-corrected chi connectivity index (χ2v) is 8.01. The summed E-state index contributed by atoms with van der Waals surface area (Å²) in [5.74, 6) is 1.58. The number of hydrogen-bond donors (Lipinski definition) is 1. The number of ether oxygens (including phenoxy) is 1. The maximum Gasteiger partial charge on any atom is 0.193 e. The van der Waals surface area contributed by atoms with E-state index in [1.165, 1.54) is 12.8 Å². The quantitative estimate of drug-likeness (QED) is 0.233. The Bertz CT molecular complexity index is 479. The summed E-state index contributed by atoms with van der Waals surface area (Å²) in [6.07, 6.45) is 6.34. The summed E-state index contributed by atoms with van der Waals surface area (Å²) >= 11 is 0. The Morgan fingerprint density at radius 3 is 2.52 bits per heavy atom.